The molecule has 1 aromatic heterocycles. The highest BCUT2D eigenvalue weighted by atomic mass is 15.3. The fourth-order valence-electron chi connectivity index (χ4n) is 2.67. The second-order valence-corrected chi connectivity index (χ2v) is 4.82. The molecule has 0 saturated heterocycles. The Kier molecular flexibility index (Phi) is 2.83. The molecule has 2 rings (SSSR count). The molecule has 0 saturated carbocycles. The first-order chi connectivity index (χ1) is 7.15. The van der Waals surface area contributed by atoms with Crippen molar-refractivity contribution in [3.63, 3.8) is 0 Å². The van der Waals surface area contributed by atoms with Crippen LogP contribution in [0.2, 0.25) is 0 Å². The maximum absolute atomic E-state index is 4.65. The zero-order chi connectivity index (χ0) is 11.0. The van der Waals surface area contributed by atoms with E-state index in [4.69, 9.17) is 0 Å². The van der Waals surface area contributed by atoms with Crippen LogP contribution in [0.15, 0.2) is 0 Å². The van der Waals surface area contributed by atoms with Crippen LogP contribution >= 0.6 is 0 Å². The summed E-state index contributed by atoms with van der Waals surface area (Å²) in [5.74, 6) is 1.22. The van der Waals surface area contributed by atoms with Crippen LogP contribution in [0.3, 0.4) is 0 Å². The summed E-state index contributed by atoms with van der Waals surface area (Å²) in [4.78, 5) is 0. The predicted molar refractivity (Wildman–Crippen MR) is 62.3 cm³/mol. The van der Waals surface area contributed by atoms with E-state index in [1.165, 1.54) is 29.8 Å². The van der Waals surface area contributed by atoms with Crippen molar-refractivity contribution in [2.45, 2.75) is 38.5 Å². The number of likely N-dealkylation sites (N-methyl/N-ethyl adjacent to an activating group) is 1. The summed E-state index contributed by atoms with van der Waals surface area (Å²) in [6.45, 7) is 5.55. The first-order valence-corrected chi connectivity index (χ1v) is 5.85. The summed E-state index contributed by atoms with van der Waals surface area (Å²) in [6.07, 6.45) is 2.47. The second-order valence-electron chi connectivity index (χ2n) is 4.82. The van der Waals surface area contributed by atoms with E-state index in [0.717, 1.165) is 6.54 Å². The number of nitrogens with zero attached hydrogens (tertiary/aromatic N) is 2. The summed E-state index contributed by atoms with van der Waals surface area (Å²) in [5.41, 5.74) is 4.30. The monoisotopic (exact) mass is 207 g/mol. The Morgan fingerprint density at radius 2 is 2.27 bits per heavy atom. The molecular formula is C12H21N3. The van der Waals surface area contributed by atoms with Gasteiger partial charge in [0.05, 0.1) is 5.69 Å². The van der Waals surface area contributed by atoms with Crippen molar-refractivity contribution >= 4 is 0 Å². The Bertz CT molecular complexity index is 352. The van der Waals surface area contributed by atoms with Crippen molar-refractivity contribution in [3.8, 4) is 0 Å². The SMILES string of the molecule is CNCC1CCc2c1c(C(C)C)nn2C. The molecule has 3 nitrogen and oxygen atoms in total. The number of aromatic nitrogens is 2. The van der Waals surface area contributed by atoms with E-state index in [1.807, 2.05) is 7.05 Å². The standard InChI is InChI=1S/C12H21N3/c1-8(2)12-11-9(7-13-3)5-6-10(11)15(4)14-12/h8-9,13H,5-7H2,1-4H3. The molecule has 1 unspecified atom stereocenters. The first kappa shape index (κ1) is 10.7. The Labute approximate surface area is 91.9 Å². The average Bonchev–Trinajstić information content (AvgIpc) is 2.70. The van der Waals surface area contributed by atoms with Crippen molar-refractivity contribution in [2.75, 3.05) is 13.6 Å². The van der Waals surface area contributed by atoms with Gasteiger partial charge < -0.3 is 5.32 Å². The lowest BCUT2D eigenvalue weighted by Gasteiger charge is -2.12. The summed E-state index contributed by atoms with van der Waals surface area (Å²) < 4.78 is 2.08. The molecule has 1 atom stereocenters. The van der Waals surface area contributed by atoms with Gasteiger partial charge in [-0.25, -0.2) is 0 Å². The van der Waals surface area contributed by atoms with Gasteiger partial charge in [-0.05, 0) is 25.8 Å². The summed E-state index contributed by atoms with van der Waals surface area (Å²) in [6, 6.07) is 0. The fourth-order valence-corrected chi connectivity index (χ4v) is 2.67. The second kappa shape index (κ2) is 3.97. The Morgan fingerprint density at radius 3 is 2.87 bits per heavy atom. The molecule has 1 aromatic rings. The van der Waals surface area contributed by atoms with Crippen molar-refractivity contribution in [1.82, 2.24) is 15.1 Å². The fraction of sp³-hybridized carbons (Fsp3) is 0.750. The van der Waals surface area contributed by atoms with Crippen LogP contribution in [0.25, 0.3) is 0 Å². The molecular weight excluding hydrogens is 186 g/mol. The van der Waals surface area contributed by atoms with E-state index in [1.54, 1.807) is 0 Å². The minimum Gasteiger partial charge on any atom is -0.319 e. The van der Waals surface area contributed by atoms with E-state index < -0.39 is 0 Å². The van der Waals surface area contributed by atoms with Gasteiger partial charge in [-0.1, -0.05) is 13.8 Å². The highest BCUT2D eigenvalue weighted by molar-refractivity contribution is 5.36. The van der Waals surface area contributed by atoms with Gasteiger partial charge in [0.15, 0.2) is 0 Å². The third kappa shape index (κ3) is 1.69. The summed E-state index contributed by atoms with van der Waals surface area (Å²) in [5, 5.41) is 7.94. The third-order valence-corrected chi connectivity index (χ3v) is 3.37. The average molecular weight is 207 g/mol. The summed E-state index contributed by atoms with van der Waals surface area (Å²) in [7, 11) is 4.11. The van der Waals surface area contributed by atoms with Crippen molar-refractivity contribution in [2.24, 2.45) is 7.05 Å². The van der Waals surface area contributed by atoms with Crippen molar-refractivity contribution in [3.05, 3.63) is 17.0 Å². The normalized spacial score (nSPS) is 19.9. The van der Waals surface area contributed by atoms with E-state index in [9.17, 15) is 0 Å². The molecule has 3 heteroatoms. The molecule has 0 aromatic carbocycles. The number of aryl methyl sites for hydroxylation is 1. The molecule has 1 aliphatic rings. The maximum Gasteiger partial charge on any atom is 0.0688 e. The Balaban J connectivity index is 2.39. The van der Waals surface area contributed by atoms with Gasteiger partial charge in [0.25, 0.3) is 0 Å². The van der Waals surface area contributed by atoms with Gasteiger partial charge in [0, 0.05) is 30.8 Å². The number of hydrogen-bond donors (Lipinski definition) is 1. The van der Waals surface area contributed by atoms with E-state index in [0.29, 0.717) is 11.8 Å². The topological polar surface area (TPSA) is 29.9 Å². The largest absolute Gasteiger partial charge is 0.319 e. The molecule has 0 amide bonds. The van der Waals surface area contributed by atoms with E-state index >= 15 is 0 Å². The molecule has 84 valence electrons. The number of hydrogen-bond acceptors (Lipinski definition) is 2. The third-order valence-electron chi connectivity index (χ3n) is 3.37. The van der Waals surface area contributed by atoms with Gasteiger partial charge in [0.2, 0.25) is 0 Å². The van der Waals surface area contributed by atoms with Crippen molar-refractivity contribution < 1.29 is 0 Å². The van der Waals surface area contributed by atoms with Crippen LogP contribution in [0.1, 0.15) is 49.1 Å². The van der Waals surface area contributed by atoms with Crippen LogP contribution < -0.4 is 5.32 Å². The quantitative estimate of drug-likeness (QED) is 0.819. The lowest BCUT2D eigenvalue weighted by Crippen LogP contribution is -2.16. The molecule has 15 heavy (non-hydrogen) atoms. The molecule has 0 spiro atoms. The molecule has 1 N–H and O–H groups in total. The van der Waals surface area contributed by atoms with Gasteiger partial charge >= 0.3 is 0 Å². The number of fused-ring (bicyclic) bond motifs is 1. The molecule has 0 radical (unpaired) electrons. The lowest BCUT2D eigenvalue weighted by atomic mass is 9.96. The molecule has 1 heterocycles. The minimum atomic E-state index is 0.539. The summed E-state index contributed by atoms with van der Waals surface area (Å²) >= 11 is 0. The van der Waals surface area contributed by atoms with Gasteiger partial charge in [0.1, 0.15) is 0 Å². The van der Waals surface area contributed by atoms with Crippen LogP contribution in [0.5, 0.6) is 0 Å². The zero-order valence-corrected chi connectivity index (χ0v) is 10.2. The van der Waals surface area contributed by atoms with E-state index in [2.05, 4.69) is 36.0 Å². The maximum atomic E-state index is 4.65. The van der Waals surface area contributed by atoms with Crippen LogP contribution in [-0.4, -0.2) is 23.4 Å². The zero-order valence-electron chi connectivity index (χ0n) is 10.2. The molecule has 1 aliphatic carbocycles. The van der Waals surface area contributed by atoms with Gasteiger partial charge in [-0.2, -0.15) is 5.10 Å². The lowest BCUT2D eigenvalue weighted by molar-refractivity contribution is 0.595. The van der Waals surface area contributed by atoms with Crippen LogP contribution in [-0.2, 0) is 13.5 Å². The van der Waals surface area contributed by atoms with Crippen LogP contribution in [0, 0.1) is 0 Å². The highest BCUT2D eigenvalue weighted by Gasteiger charge is 2.30. The Hall–Kier alpha value is -0.830. The van der Waals surface area contributed by atoms with E-state index in [-0.39, 0.29) is 0 Å². The molecule has 0 fully saturated rings. The first-order valence-electron chi connectivity index (χ1n) is 5.85. The highest BCUT2D eigenvalue weighted by Crippen LogP contribution is 2.37. The van der Waals surface area contributed by atoms with Gasteiger partial charge in [-0.15, -0.1) is 0 Å². The van der Waals surface area contributed by atoms with Gasteiger partial charge in [-0.3, -0.25) is 4.68 Å². The number of nitrogens with one attached hydrogen (secondary N) is 1. The molecule has 0 aliphatic heterocycles. The smallest absolute Gasteiger partial charge is 0.0688 e. The minimum absolute atomic E-state index is 0.539. The number of rotatable bonds is 3. The predicted octanol–water partition coefficient (Wildman–Crippen LogP) is 1.79. The van der Waals surface area contributed by atoms with Crippen LogP contribution in [0.4, 0.5) is 0 Å². The van der Waals surface area contributed by atoms with Crippen molar-refractivity contribution in [1.29, 1.82) is 0 Å². The molecule has 0 bridgehead atoms. The Morgan fingerprint density at radius 1 is 1.53 bits per heavy atom.